The number of carbonyl (C=O) groups is 1. The number of rotatable bonds is 8. The monoisotopic (exact) mass is 512 g/mol. The molecule has 0 aliphatic heterocycles. The van der Waals surface area contributed by atoms with E-state index < -0.39 is 0 Å². The molecule has 1 aromatic carbocycles. The maximum Gasteiger partial charge on any atom is 0.253 e. The molecule has 1 heterocycles. The van der Waals surface area contributed by atoms with Crippen LogP contribution < -0.4 is 15.8 Å². The van der Waals surface area contributed by atoms with E-state index in [-0.39, 0.29) is 18.0 Å². The van der Waals surface area contributed by atoms with Crippen molar-refractivity contribution in [3.63, 3.8) is 0 Å². The van der Waals surface area contributed by atoms with Crippen LogP contribution in [0.25, 0.3) is 0 Å². The minimum atomic E-state index is -0.211. The van der Waals surface area contributed by atoms with Gasteiger partial charge in [0.1, 0.15) is 0 Å². The molecule has 196 valence electrons. The Morgan fingerprint density at radius 1 is 1.03 bits per heavy atom. The highest BCUT2D eigenvalue weighted by Crippen LogP contribution is 2.36. The summed E-state index contributed by atoms with van der Waals surface area (Å²) in [7, 11) is 2.31. The van der Waals surface area contributed by atoms with E-state index in [0.717, 1.165) is 47.9 Å². The summed E-state index contributed by atoms with van der Waals surface area (Å²) in [6.45, 7) is 8.98. The zero-order valence-electron chi connectivity index (χ0n) is 22.4. The first kappa shape index (κ1) is 26.7. The largest absolute Gasteiger partial charge is 0.369 e. The third kappa shape index (κ3) is 5.65. The number of hydrogen-bond acceptors (Lipinski definition) is 4. The van der Waals surface area contributed by atoms with E-state index in [4.69, 9.17) is 11.6 Å². The summed E-state index contributed by atoms with van der Waals surface area (Å²) in [6.07, 6.45) is 8.80. The van der Waals surface area contributed by atoms with E-state index in [9.17, 15) is 9.59 Å². The van der Waals surface area contributed by atoms with Crippen LogP contribution >= 0.6 is 11.6 Å². The Hall–Kier alpha value is -2.31. The maximum atomic E-state index is 13.2. The number of nitrogens with one attached hydrogen (secondary N) is 2. The van der Waals surface area contributed by atoms with Crippen molar-refractivity contribution in [1.29, 1.82) is 0 Å². The predicted molar refractivity (Wildman–Crippen MR) is 148 cm³/mol. The van der Waals surface area contributed by atoms with Crippen LogP contribution in [-0.2, 0) is 6.54 Å². The number of pyridine rings is 1. The second-order valence-corrected chi connectivity index (χ2v) is 11.2. The first-order valence-electron chi connectivity index (χ1n) is 13.5. The molecule has 2 aromatic rings. The Balaban J connectivity index is 1.48. The van der Waals surface area contributed by atoms with Gasteiger partial charge in [-0.25, -0.2) is 0 Å². The molecule has 0 radical (unpaired) electrons. The number of carbonyl (C=O) groups excluding carboxylic acids is 1. The van der Waals surface area contributed by atoms with Gasteiger partial charge in [0, 0.05) is 58.7 Å². The summed E-state index contributed by atoms with van der Waals surface area (Å²) in [5, 5.41) is 3.50. The van der Waals surface area contributed by atoms with Gasteiger partial charge >= 0.3 is 0 Å². The minimum absolute atomic E-state index is 0.160. The fourth-order valence-corrected chi connectivity index (χ4v) is 6.27. The lowest BCUT2D eigenvalue weighted by Gasteiger charge is -2.45. The van der Waals surface area contributed by atoms with E-state index in [1.54, 1.807) is 6.07 Å². The number of amides is 1. The molecule has 2 aliphatic carbocycles. The topological polar surface area (TPSA) is 68.4 Å². The average Bonchev–Trinajstić information content (AvgIpc) is 2.80. The Morgan fingerprint density at radius 2 is 1.67 bits per heavy atom. The van der Waals surface area contributed by atoms with Crippen LogP contribution in [-0.4, -0.2) is 47.5 Å². The van der Waals surface area contributed by atoms with Crippen molar-refractivity contribution in [3.05, 3.63) is 61.5 Å². The van der Waals surface area contributed by atoms with E-state index in [1.165, 1.54) is 32.1 Å². The number of H-pyrrole nitrogens is 1. The summed E-state index contributed by atoms with van der Waals surface area (Å²) in [5.41, 5.74) is 4.63. The highest BCUT2D eigenvalue weighted by atomic mass is 35.5. The normalized spacial score (nSPS) is 20.3. The van der Waals surface area contributed by atoms with Crippen LogP contribution in [0.2, 0.25) is 5.02 Å². The third-order valence-corrected chi connectivity index (χ3v) is 8.71. The first-order valence-corrected chi connectivity index (χ1v) is 13.8. The molecular formula is C29H41ClN4O2. The Labute approximate surface area is 220 Å². The molecule has 0 unspecified atom stereocenters. The molecule has 0 atom stereocenters. The molecule has 7 heteroatoms. The highest BCUT2D eigenvalue weighted by Gasteiger charge is 2.33. The van der Waals surface area contributed by atoms with Crippen molar-refractivity contribution in [1.82, 2.24) is 15.2 Å². The third-order valence-electron chi connectivity index (χ3n) is 8.49. The number of hydrogen-bond donors (Lipinski definition) is 2. The summed E-state index contributed by atoms with van der Waals surface area (Å²) in [5.74, 6) is -0.211. The zero-order valence-corrected chi connectivity index (χ0v) is 23.2. The molecule has 4 rings (SSSR count). The lowest BCUT2D eigenvalue weighted by Crippen LogP contribution is -2.48. The molecule has 0 spiro atoms. The molecule has 2 saturated carbocycles. The number of aromatic nitrogens is 1. The molecule has 2 aliphatic rings. The number of benzene rings is 1. The predicted octanol–water partition coefficient (Wildman–Crippen LogP) is 5.51. The quantitative estimate of drug-likeness (QED) is 0.489. The van der Waals surface area contributed by atoms with Crippen molar-refractivity contribution in [2.75, 3.05) is 18.5 Å². The molecule has 1 aromatic heterocycles. The van der Waals surface area contributed by atoms with Crippen LogP contribution in [0.1, 0.15) is 84.6 Å². The molecule has 0 saturated heterocycles. The lowest BCUT2D eigenvalue weighted by molar-refractivity contribution is 0.0839. The standard InChI is InChI=1S/C29H41ClN4O2/c1-6-34(24-12-10-23(11-13-24)33(5)22-8-7-9-22)27-16-21(30)15-25(20(27)4)28(35)31-17-26-18(2)14-19(3)32-29(26)36/h14-16,22-24H,6-13,17H2,1-5H3,(H,31,35)(H,32,36). The van der Waals surface area contributed by atoms with Gasteiger partial charge in [-0.15, -0.1) is 0 Å². The number of aromatic amines is 1. The van der Waals surface area contributed by atoms with Gasteiger partial charge in [0.05, 0.1) is 0 Å². The van der Waals surface area contributed by atoms with E-state index in [0.29, 0.717) is 28.2 Å². The van der Waals surface area contributed by atoms with Gasteiger partial charge in [0.2, 0.25) is 0 Å². The van der Waals surface area contributed by atoms with Gasteiger partial charge < -0.3 is 20.1 Å². The Kier molecular flexibility index (Phi) is 8.46. The molecule has 36 heavy (non-hydrogen) atoms. The van der Waals surface area contributed by atoms with Gasteiger partial charge in [0.25, 0.3) is 11.5 Å². The SMILES string of the molecule is CCN(c1cc(Cl)cc(C(=O)NCc2c(C)cc(C)[nH]c2=O)c1C)C1CCC(N(C)C2CCC2)CC1. The molecule has 2 fully saturated rings. The zero-order chi connectivity index (χ0) is 26.0. The lowest BCUT2D eigenvalue weighted by atomic mass is 9.85. The first-order chi connectivity index (χ1) is 17.2. The Morgan fingerprint density at radius 3 is 2.25 bits per heavy atom. The smallest absolute Gasteiger partial charge is 0.253 e. The number of halogens is 1. The molecule has 0 bridgehead atoms. The van der Waals surface area contributed by atoms with Crippen molar-refractivity contribution in [2.24, 2.45) is 0 Å². The summed E-state index contributed by atoms with van der Waals surface area (Å²) in [6, 6.07) is 7.56. The molecular weight excluding hydrogens is 472 g/mol. The average molecular weight is 513 g/mol. The molecule has 2 N–H and O–H groups in total. The van der Waals surface area contributed by atoms with Crippen molar-refractivity contribution >= 4 is 23.2 Å². The fraction of sp³-hybridized carbons (Fsp3) is 0.586. The minimum Gasteiger partial charge on any atom is -0.369 e. The molecule has 1 amide bonds. The summed E-state index contributed by atoms with van der Waals surface area (Å²) < 4.78 is 0. The van der Waals surface area contributed by atoms with Crippen LogP contribution in [0.4, 0.5) is 5.69 Å². The Bertz CT molecular complexity index is 1150. The summed E-state index contributed by atoms with van der Waals surface area (Å²) in [4.78, 5) is 33.5. The number of aryl methyl sites for hydroxylation is 2. The summed E-state index contributed by atoms with van der Waals surface area (Å²) >= 11 is 6.54. The van der Waals surface area contributed by atoms with Crippen molar-refractivity contribution in [2.45, 2.75) is 97.3 Å². The van der Waals surface area contributed by atoms with Gasteiger partial charge in [-0.1, -0.05) is 18.0 Å². The number of anilines is 1. The van der Waals surface area contributed by atoms with Crippen LogP contribution in [0, 0.1) is 20.8 Å². The van der Waals surface area contributed by atoms with E-state index in [1.807, 2.05) is 32.9 Å². The second-order valence-electron chi connectivity index (χ2n) is 10.7. The van der Waals surface area contributed by atoms with E-state index in [2.05, 4.69) is 34.1 Å². The van der Waals surface area contributed by atoms with Gasteiger partial charge in [-0.2, -0.15) is 0 Å². The maximum absolute atomic E-state index is 13.2. The van der Waals surface area contributed by atoms with Crippen LogP contribution in [0.5, 0.6) is 0 Å². The van der Waals surface area contributed by atoms with E-state index >= 15 is 0 Å². The second kappa shape index (κ2) is 11.4. The highest BCUT2D eigenvalue weighted by molar-refractivity contribution is 6.31. The number of nitrogens with zero attached hydrogens (tertiary/aromatic N) is 2. The van der Waals surface area contributed by atoms with Crippen LogP contribution in [0.3, 0.4) is 0 Å². The van der Waals surface area contributed by atoms with Crippen molar-refractivity contribution in [3.8, 4) is 0 Å². The van der Waals surface area contributed by atoms with Gasteiger partial charge in [-0.3, -0.25) is 9.59 Å². The van der Waals surface area contributed by atoms with Gasteiger partial charge in [0.15, 0.2) is 0 Å². The molecule has 6 nitrogen and oxygen atoms in total. The van der Waals surface area contributed by atoms with Crippen LogP contribution in [0.15, 0.2) is 23.0 Å². The van der Waals surface area contributed by atoms with Crippen molar-refractivity contribution < 1.29 is 4.79 Å². The fourth-order valence-electron chi connectivity index (χ4n) is 6.06. The van der Waals surface area contributed by atoms with Gasteiger partial charge in [-0.05, 0) is 103 Å².